The van der Waals surface area contributed by atoms with Crippen LogP contribution in [0.15, 0.2) is 89.9 Å². The lowest BCUT2D eigenvalue weighted by Crippen LogP contribution is -2.02. The Morgan fingerprint density at radius 3 is 2.64 bits per heavy atom. The van der Waals surface area contributed by atoms with Gasteiger partial charge in [0.15, 0.2) is 0 Å². The first-order valence-corrected chi connectivity index (χ1v) is 9.95. The number of benzene rings is 3. The quantitative estimate of drug-likeness (QED) is 0.261. The van der Waals surface area contributed by atoms with Crippen molar-refractivity contribution in [1.29, 1.82) is 0 Å². The van der Waals surface area contributed by atoms with E-state index in [-0.39, 0.29) is 5.75 Å². The summed E-state index contributed by atoms with van der Waals surface area (Å²) in [5.74, 6) is 0.110. The highest BCUT2D eigenvalue weighted by molar-refractivity contribution is 9.11. The number of para-hydroxylation sites is 1. The largest absolute Gasteiger partial charge is 0.506 e. The molecule has 0 aliphatic carbocycles. The van der Waals surface area contributed by atoms with Gasteiger partial charge in [0, 0.05) is 21.6 Å². The molecule has 1 heterocycles. The normalized spacial score (nSPS) is 11.4. The number of phenolic OH excluding ortho intramolecular Hbond substituents is 1. The van der Waals surface area contributed by atoms with Crippen molar-refractivity contribution < 1.29 is 9.52 Å². The van der Waals surface area contributed by atoms with E-state index in [4.69, 9.17) is 4.42 Å². The third-order valence-corrected chi connectivity index (χ3v) is 5.27. The van der Waals surface area contributed by atoms with Gasteiger partial charge >= 0.3 is 5.63 Å². The van der Waals surface area contributed by atoms with Crippen LogP contribution in [0.1, 0.15) is 5.56 Å². The molecule has 0 unspecified atom stereocenters. The first kappa shape index (κ1) is 18.7. The zero-order chi connectivity index (χ0) is 19.7. The third kappa shape index (κ3) is 3.79. The summed E-state index contributed by atoms with van der Waals surface area (Å²) in [6.07, 6.45) is 1.58. The van der Waals surface area contributed by atoms with Crippen molar-refractivity contribution in [2.75, 3.05) is 0 Å². The van der Waals surface area contributed by atoms with E-state index in [1.807, 2.05) is 48.5 Å². The van der Waals surface area contributed by atoms with E-state index in [1.54, 1.807) is 24.4 Å². The molecule has 1 aromatic heterocycles. The number of rotatable bonds is 3. The van der Waals surface area contributed by atoms with Gasteiger partial charge in [0.25, 0.3) is 0 Å². The molecule has 0 saturated carbocycles. The predicted octanol–water partition coefficient (Wildman–Crippen LogP) is 6.44. The average Bonchev–Trinajstić information content (AvgIpc) is 2.69. The zero-order valence-electron chi connectivity index (χ0n) is 14.4. The molecule has 138 valence electrons. The maximum atomic E-state index is 12.4. The van der Waals surface area contributed by atoms with E-state index in [2.05, 4.69) is 36.9 Å². The fourth-order valence-electron chi connectivity index (χ4n) is 2.85. The third-order valence-electron chi connectivity index (χ3n) is 4.21. The number of hydrogen-bond donors (Lipinski definition) is 1. The molecule has 6 heteroatoms. The standard InChI is InChI=1S/C22H13Br2NO3/c23-16-8-15(21(26)19(24)11-16)12-25-17-6-3-5-13(9-17)18-10-14-4-1-2-7-20(14)28-22(18)27/h1-12,26H. The number of phenols is 1. The van der Waals surface area contributed by atoms with Gasteiger partial charge in [-0.05, 0) is 57.9 Å². The Labute approximate surface area is 177 Å². The fourth-order valence-corrected chi connectivity index (χ4v) is 4.10. The van der Waals surface area contributed by atoms with Gasteiger partial charge in [-0.25, -0.2) is 4.79 Å². The minimum Gasteiger partial charge on any atom is -0.506 e. The van der Waals surface area contributed by atoms with Gasteiger partial charge in [-0.15, -0.1) is 0 Å². The van der Waals surface area contributed by atoms with Gasteiger partial charge in [0.05, 0.1) is 15.7 Å². The molecule has 0 amide bonds. The summed E-state index contributed by atoms with van der Waals surface area (Å²) in [5.41, 5.74) is 2.57. The number of aromatic hydroxyl groups is 1. The molecule has 0 spiro atoms. The minimum atomic E-state index is -0.395. The Bertz CT molecular complexity index is 1280. The molecule has 4 rings (SSSR count). The average molecular weight is 499 g/mol. The van der Waals surface area contributed by atoms with E-state index in [0.717, 1.165) is 9.86 Å². The summed E-state index contributed by atoms with van der Waals surface area (Å²) in [5, 5.41) is 11.0. The van der Waals surface area contributed by atoms with Gasteiger partial charge < -0.3 is 9.52 Å². The first-order valence-electron chi connectivity index (χ1n) is 8.37. The van der Waals surface area contributed by atoms with Crippen LogP contribution in [0.2, 0.25) is 0 Å². The topological polar surface area (TPSA) is 62.8 Å². The maximum absolute atomic E-state index is 12.4. The number of nitrogens with zero attached hydrogens (tertiary/aromatic N) is 1. The van der Waals surface area contributed by atoms with Gasteiger partial charge in [0.1, 0.15) is 11.3 Å². The molecule has 0 aliphatic rings. The van der Waals surface area contributed by atoms with Crippen LogP contribution in [0, 0.1) is 0 Å². The van der Waals surface area contributed by atoms with Gasteiger partial charge in [-0.1, -0.05) is 46.3 Å². The van der Waals surface area contributed by atoms with Crippen LogP contribution < -0.4 is 5.63 Å². The lowest BCUT2D eigenvalue weighted by atomic mass is 10.1. The van der Waals surface area contributed by atoms with E-state index >= 15 is 0 Å². The lowest BCUT2D eigenvalue weighted by Gasteiger charge is -2.05. The molecule has 0 aliphatic heterocycles. The molecule has 1 N–H and O–H groups in total. The van der Waals surface area contributed by atoms with E-state index in [0.29, 0.717) is 32.4 Å². The molecule has 4 aromatic rings. The van der Waals surface area contributed by atoms with Gasteiger partial charge in [-0.3, -0.25) is 4.99 Å². The molecule has 3 aromatic carbocycles. The van der Waals surface area contributed by atoms with Crippen LogP contribution >= 0.6 is 31.9 Å². The summed E-state index contributed by atoms with van der Waals surface area (Å²) in [6.45, 7) is 0. The maximum Gasteiger partial charge on any atom is 0.344 e. The van der Waals surface area contributed by atoms with Crippen LogP contribution in [-0.2, 0) is 0 Å². The van der Waals surface area contributed by atoms with Gasteiger partial charge in [0.2, 0.25) is 0 Å². The highest BCUT2D eigenvalue weighted by Gasteiger charge is 2.09. The molecule has 0 fully saturated rings. The SMILES string of the molecule is O=c1oc2ccccc2cc1-c1cccc(N=Cc2cc(Br)cc(Br)c2O)c1. The number of fused-ring (bicyclic) bond motifs is 1. The van der Waals surface area contributed by atoms with E-state index < -0.39 is 5.63 Å². The first-order chi connectivity index (χ1) is 13.5. The van der Waals surface area contributed by atoms with Crippen molar-refractivity contribution in [2.24, 2.45) is 4.99 Å². The molecular weight excluding hydrogens is 486 g/mol. The Morgan fingerprint density at radius 1 is 0.964 bits per heavy atom. The second-order valence-corrected chi connectivity index (χ2v) is 7.89. The van der Waals surface area contributed by atoms with Crippen molar-refractivity contribution in [3.8, 4) is 16.9 Å². The smallest absolute Gasteiger partial charge is 0.344 e. The summed E-state index contributed by atoms with van der Waals surface area (Å²) in [6, 6.07) is 20.0. The monoisotopic (exact) mass is 497 g/mol. The zero-order valence-corrected chi connectivity index (χ0v) is 17.6. The van der Waals surface area contributed by atoms with Gasteiger partial charge in [-0.2, -0.15) is 0 Å². The Hall–Kier alpha value is -2.70. The van der Waals surface area contributed by atoms with Crippen molar-refractivity contribution in [1.82, 2.24) is 0 Å². The Balaban J connectivity index is 1.73. The van der Waals surface area contributed by atoms with Crippen molar-refractivity contribution in [3.05, 3.63) is 91.7 Å². The van der Waals surface area contributed by atoms with Crippen molar-refractivity contribution in [2.45, 2.75) is 0 Å². The summed E-state index contributed by atoms with van der Waals surface area (Å²) in [4.78, 5) is 16.8. The molecule has 0 radical (unpaired) electrons. The summed E-state index contributed by atoms with van der Waals surface area (Å²) < 4.78 is 6.82. The van der Waals surface area contributed by atoms with E-state index in [9.17, 15) is 9.90 Å². The highest BCUT2D eigenvalue weighted by Crippen LogP contribution is 2.31. The summed E-state index contributed by atoms with van der Waals surface area (Å²) >= 11 is 6.70. The number of aliphatic imine (C=N–C) groups is 1. The molecule has 0 saturated heterocycles. The number of halogens is 2. The Kier molecular flexibility index (Phi) is 5.15. The van der Waals surface area contributed by atoms with Crippen LogP contribution in [0.4, 0.5) is 5.69 Å². The van der Waals surface area contributed by atoms with Crippen molar-refractivity contribution >= 4 is 54.7 Å². The predicted molar refractivity (Wildman–Crippen MR) is 119 cm³/mol. The Morgan fingerprint density at radius 2 is 1.79 bits per heavy atom. The molecule has 28 heavy (non-hydrogen) atoms. The fraction of sp³-hybridized carbons (Fsp3) is 0. The second kappa shape index (κ2) is 7.73. The highest BCUT2D eigenvalue weighted by atomic mass is 79.9. The number of hydrogen-bond acceptors (Lipinski definition) is 4. The van der Waals surface area contributed by atoms with Crippen LogP contribution in [0.5, 0.6) is 5.75 Å². The molecule has 4 nitrogen and oxygen atoms in total. The van der Waals surface area contributed by atoms with Crippen LogP contribution in [0.3, 0.4) is 0 Å². The second-order valence-electron chi connectivity index (χ2n) is 6.12. The minimum absolute atomic E-state index is 0.110. The summed E-state index contributed by atoms with van der Waals surface area (Å²) in [7, 11) is 0. The lowest BCUT2D eigenvalue weighted by molar-refractivity contribution is 0.471. The van der Waals surface area contributed by atoms with Crippen molar-refractivity contribution in [3.63, 3.8) is 0 Å². The molecule has 0 bridgehead atoms. The van der Waals surface area contributed by atoms with E-state index in [1.165, 1.54) is 0 Å². The van der Waals surface area contributed by atoms with Crippen LogP contribution in [-0.4, -0.2) is 11.3 Å². The molecule has 0 atom stereocenters. The molecular formula is C22H13Br2NO3. The van der Waals surface area contributed by atoms with Crippen LogP contribution in [0.25, 0.3) is 22.1 Å².